The maximum atomic E-state index is 12.3. The molecule has 1 N–H and O–H groups in total. The summed E-state index contributed by atoms with van der Waals surface area (Å²) in [5.41, 5.74) is 2.05. The summed E-state index contributed by atoms with van der Waals surface area (Å²) in [6.07, 6.45) is 3.42. The van der Waals surface area contributed by atoms with E-state index in [2.05, 4.69) is 86.6 Å². The highest BCUT2D eigenvalue weighted by molar-refractivity contribution is 14.1. The Balaban J connectivity index is 0.000000201. The molecule has 0 aromatic carbocycles. The molecule has 1 fully saturated rings. The molecule has 35 heavy (non-hydrogen) atoms. The van der Waals surface area contributed by atoms with Gasteiger partial charge in [-0.2, -0.15) is 14.5 Å². The number of nitrogens with zero attached hydrogens (tertiary/aromatic N) is 7. The van der Waals surface area contributed by atoms with Gasteiger partial charge in [0.2, 0.25) is 10.0 Å². The number of nitrogens with one attached hydrogen (secondary N) is 1. The number of morpholine rings is 1. The zero-order chi connectivity index (χ0) is 25.2. The molecule has 0 spiro atoms. The van der Waals surface area contributed by atoms with Crippen LogP contribution < -0.4 is 5.32 Å². The van der Waals surface area contributed by atoms with Crippen LogP contribution in [-0.2, 0) is 14.8 Å². The van der Waals surface area contributed by atoms with Crippen LogP contribution in [0.25, 0.3) is 11.3 Å². The zero-order valence-electron chi connectivity index (χ0n) is 17.7. The SMILES string of the molecule is Clc1cc(Br)c2ncc(I)n2n1.O=S(=O)(CCNc1cc(Cl)nn2c(I)cnc12)N1CCOCC1. The standard InChI is InChI=1S/C12H15ClIN5O3S.C6H2BrClIN3/c13-10-7-9(12-16-8-11(14)19(12)17-10)15-1-6-23(20,21)18-2-4-22-5-3-18;7-3-1-4(8)11-12-5(9)2-10-6(3)12/h7-8,15H,1-6H2;1-2H. The van der Waals surface area contributed by atoms with Gasteiger partial charge in [0.05, 0.1) is 41.5 Å². The topological polar surface area (TPSA) is 119 Å². The maximum Gasteiger partial charge on any atom is 0.215 e. The van der Waals surface area contributed by atoms with Crippen LogP contribution in [0.2, 0.25) is 10.3 Å². The lowest BCUT2D eigenvalue weighted by Crippen LogP contribution is -2.42. The lowest BCUT2D eigenvalue weighted by molar-refractivity contribution is 0.0731. The molecule has 0 amide bonds. The summed E-state index contributed by atoms with van der Waals surface area (Å²) in [5, 5.41) is 12.1. The molecular weight excluding hydrogens is 813 g/mol. The predicted octanol–water partition coefficient (Wildman–Crippen LogP) is 3.81. The first-order valence-electron chi connectivity index (χ1n) is 10.0. The first-order valence-corrected chi connectivity index (χ1v) is 15.3. The van der Waals surface area contributed by atoms with Crippen LogP contribution in [0.4, 0.5) is 5.69 Å². The van der Waals surface area contributed by atoms with Crippen molar-refractivity contribution in [1.82, 2.24) is 33.5 Å². The van der Waals surface area contributed by atoms with Crippen molar-refractivity contribution in [3.8, 4) is 0 Å². The molecular formula is C18H17BrCl2I2N8O3S. The van der Waals surface area contributed by atoms with Crippen molar-refractivity contribution >= 4 is 111 Å². The highest BCUT2D eigenvalue weighted by Gasteiger charge is 2.24. The lowest BCUT2D eigenvalue weighted by atomic mass is 10.4. The number of ether oxygens (including phenoxy) is 1. The van der Waals surface area contributed by atoms with Gasteiger partial charge >= 0.3 is 0 Å². The molecule has 4 aromatic heterocycles. The first-order chi connectivity index (χ1) is 16.7. The number of aromatic nitrogens is 6. The second kappa shape index (κ2) is 11.9. The van der Waals surface area contributed by atoms with E-state index in [1.807, 2.05) is 0 Å². The average Bonchev–Trinajstić information content (AvgIpc) is 3.38. The van der Waals surface area contributed by atoms with Crippen molar-refractivity contribution in [3.05, 3.63) is 46.7 Å². The van der Waals surface area contributed by atoms with Gasteiger partial charge in [0.15, 0.2) is 21.6 Å². The van der Waals surface area contributed by atoms with Crippen LogP contribution in [0.1, 0.15) is 0 Å². The molecule has 11 nitrogen and oxygen atoms in total. The summed E-state index contributed by atoms with van der Waals surface area (Å²) in [5.74, 6) is -0.00307. The van der Waals surface area contributed by atoms with E-state index < -0.39 is 10.0 Å². The summed E-state index contributed by atoms with van der Waals surface area (Å²) >= 11 is 19.4. The van der Waals surface area contributed by atoms with Crippen molar-refractivity contribution in [1.29, 1.82) is 0 Å². The Morgan fingerprint density at radius 3 is 2.23 bits per heavy atom. The van der Waals surface area contributed by atoms with Gasteiger partial charge in [0.25, 0.3) is 0 Å². The Hall–Kier alpha value is -0.570. The first kappa shape index (κ1) is 27.5. The van der Waals surface area contributed by atoms with Crippen molar-refractivity contribution in [2.45, 2.75) is 0 Å². The molecule has 1 saturated heterocycles. The second-order valence-electron chi connectivity index (χ2n) is 7.08. The van der Waals surface area contributed by atoms with Crippen molar-refractivity contribution < 1.29 is 13.2 Å². The number of fused-ring (bicyclic) bond motifs is 2. The number of sulfonamides is 1. The third-order valence-electron chi connectivity index (χ3n) is 4.79. The van der Waals surface area contributed by atoms with E-state index in [0.717, 1.165) is 17.5 Å². The van der Waals surface area contributed by atoms with Crippen LogP contribution in [0, 0.1) is 7.40 Å². The highest BCUT2D eigenvalue weighted by Crippen LogP contribution is 2.22. The van der Waals surface area contributed by atoms with Gasteiger partial charge in [-0.05, 0) is 67.2 Å². The number of anilines is 1. The fourth-order valence-electron chi connectivity index (χ4n) is 3.19. The Labute approximate surface area is 246 Å². The minimum absolute atomic E-state index is 0.00307. The Morgan fingerprint density at radius 2 is 1.57 bits per heavy atom. The molecule has 0 radical (unpaired) electrons. The maximum absolute atomic E-state index is 12.3. The summed E-state index contributed by atoms with van der Waals surface area (Å²) < 4.78 is 37.1. The molecule has 5 heterocycles. The van der Waals surface area contributed by atoms with Gasteiger partial charge < -0.3 is 10.1 Å². The van der Waals surface area contributed by atoms with Crippen LogP contribution in [0.3, 0.4) is 0 Å². The zero-order valence-corrected chi connectivity index (χ0v) is 25.9. The molecule has 4 aromatic rings. The van der Waals surface area contributed by atoms with Crippen molar-refractivity contribution in [2.24, 2.45) is 0 Å². The monoisotopic (exact) mass is 828 g/mol. The highest BCUT2D eigenvalue weighted by atomic mass is 127. The molecule has 17 heteroatoms. The molecule has 0 atom stereocenters. The summed E-state index contributed by atoms with van der Waals surface area (Å²) in [6.45, 7) is 1.97. The molecule has 188 valence electrons. The van der Waals surface area contributed by atoms with Gasteiger partial charge in [0.1, 0.15) is 7.40 Å². The molecule has 0 bridgehead atoms. The number of hydrogen-bond donors (Lipinski definition) is 1. The normalized spacial score (nSPS) is 14.8. The quantitative estimate of drug-likeness (QED) is 0.302. The van der Waals surface area contributed by atoms with E-state index in [0.29, 0.717) is 47.9 Å². The third kappa shape index (κ3) is 6.66. The van der Waals surface area contributed by atoms with E-state index in [4.69, 9.17) is 27.9 Å². The number of halogens is 5. The Kier molecular flexibility index (Phi) is 9.31. The van der Waals surface area contributed by atoms with Crippen LogP contribution in [-0.4, -0.2) is 80.5 Å². The predicted molar refractivity (Wildman–Crippen MR) is 154 cm³/mol. The minimum Gasteiger partial charge on any atom is -0.381 e. The molecule has 0 unspecified atom stereocenters. The van der Waals surface area contributed by atoms with E-state index >= 15 is 0 Å². The van der Waals surface area contributed by atoms with Crippen molar-refractivity contribution in [3.63, 3.8) is 0 Å². The van der Waals surface area contributed by atoms with Gasteiger partial charge in [-0.1, -0.05) is 23.2 Å². The summed E-state index contributed by atoms with van der Waals surface area (Å²) in [4.78, 5) is 8.41. The lowest BCUT2D eigenvalue weighted by Gasteiger charge is -2.26. The largest absolute Gasteiger partial charge is 0.381 e. The minimum atomic E-state index is -3.30. The van der Waals surface area contributed by atoms with Gasteiger partial charge in [-0.15, -0.1) is 0 Å². The van der Waals surface area contributed by atoms with Crippen LogP contribution in [0.5, 0.6) is 0 Å². The smallest absolute Gasteiger partial charge is 0.215 e. The average molecular weight is 830 g/mol. The van der Waals surface area contributed by atoms with E-state index in [1.165, 1.54) is 4.31 Å². The summed E-state index contributed by atoms with van der Waals surface area (Å²) in [7, 11) is -3.30. The van der Waals surface area contributed by atoms with E-state index in [-0.39, 0.29) is 12.3 Å². The summed E-state index contributed by atoms with van der Waals surface area (Å²) in [6, 6.07) is 3.36. The van der Waals surface area contributed by atoms with E-state index in [9.17, 15) is 8.42 Å². The Bertz CT molecular complexity index is 1460. The molecule has 1 aliphatic heterocycles. The van der Waals surface area contributed by atoms with Gasteiger partial charge in [-0.25, -0.2) is 27.4 Å². The Morgan fingerprint density at radius 1 is 1.00 bits per heavy atom. The van der Waals surface area contributed by atoms with Gasteiger partial charge in [-0.3, -0.25) is 0 Å². The van der Waals surface area contributed by atoms with E-state index in [1.54, 1.807) is 33.6 Å². The number of hydrogen-bond acceptors (Lipinski definition) is 8. The van der Waals surface area contributed by atoms with Crippen molar-refractivity contribution in [2.75, 3.05) is 43.9 Å². The molecule has 0 aliphatic carbocycles. The second-order valence-corrected chi connectivity index (χ2v) is 13.0. The van der Waals surface area contributed by atoms with Gasteiger partial charge in [0, 0.05) is 25.7 Å². The van der Waals surface area contributed by atoms with Crippen LogP contribution >= 0.6 is 84.3 Å². The molecule has 5 rings (SSSR count). The van der Waals surface area contributed by atoms with Crippen LogP contribution in [0.15, 0.2) is 29.0 Å². The third-order valence-corrected chi connectivity index (χ3v) is 9.08. The number of rotatable bonds is 5. The fraction of sp³-hybridized carbons (Fsp3) is 0.333. The number of imidazole rings is 2. The fourth-order valence-corrected chi connectivity index (χ4v) is 6.45. The molecule has 0 saturated carbocycles. The molecule has 1 aliphatic rings.